The quantitative estimate of drug-likeness (QED) is 0.542. The highest BCUT2D eigenvalue weighted by Gasteiger charge is 2.16. The molecule has 1 rings (SSSR count). The van der Waals surface area contributed by atoms with Crippen molar-refractivity contribution in [1.29, 1.82) is 0 Å². The lowest BCUT2D eigenvalue weighted by atomic mass is 10.2. The first-order valence-corrected chi connectivity index (χ1v) is 8.56. The molecule has 0 N–H and O–H groups in total. The van der Waals surface area contributed by atoms with Gasteiger partial charge in [0.2, 0.25) is 9.05 Å². The molecule has 0 aliphatic heterocycles. The van der Waals surface area contributed by atoms with Crippen LogP contribution in [0, 0.1) is 0 Å². The molecular weight excluding hydrogens is 304 g/mol. The van der Waals surface area contributed by atoms with E-state index in [1.807, 2.05) is 30.3 Å². The molecule has 0 amide bonds. The highest BCUT2D eigenvalue weighted by atomic mass is 35.7. The van der Waals surface area contributed by atoms with Gasteiger partial charge in [-0.05, 0) is 5.56 Å². The predicted molar refractivity (Wildman–Crippen MR) is 75.9 cm³/mol. The Kier molecular flexibility index (Phi) is 6.98. The van der Waals surface area contributed by atoms with E-state index >= 15 is 0 Å². The molecule has 0 aliphatic carbocycles. The fourth-order valence-corrected chi connectivity index (χ4v) is 2.38. The maximum Gasteiger partial charge on any atom is 0.302 e. The van der Waals surface area contributed by atoms with Crippen LogP contribution in [0.1, 0.15) is 18.9 Å². The second-order valence-corrected chi connectivity index (χ2v) is 7.16. The summed E-state index contributed by atoms with van der Waals surface area (Å²) in [6.45, 7) is 1.76. The van der Waals surface area contributed by atoms with E-state index in [-0.39, 0.29) is 18.8 Å². The van der Waals surface area contributed by atoms with Crippen LogP contribution in [0.4, 0.5) is 0 Å². The average molecular weight is 321 g/mol. The summed E-state index contributed by atoms with van der Waals surface area (Å²) in [5.41, 5.74) is 0.985. The van der Waals surface area contributed by atoms with Gasteiger partial charge >= 0.3 is 5.97 Å². The lowest BCUT2D eigenvalue weighted by Crippen LogP contribution is -2.24. The molecule has 0 radical (unpaired) electrons. The summed E-state index contributed by atoms with van der Waals surface area (Å²) in [4.78, 5) is 11.0. The van der Waals surface area contributed by atoms with E-state index in [9.17, 15) is 13.2 Å². The van der Waals surface area contributed by atoms with Gasteiger partial charge in [-0.25, -0.2) is 8.42 Å². The Labute approximate surface area is 123 Å². The molecule has 1 aromatic carbocycles. The third-order valence-electron chi connectivity index (χ3n) is 2.43. The molecule has 1 unspecified atom stereocenters. The van der Waals surface area contributed by atoms with Gasteiger partial charge in [0.15, 0.2) is 0 Å². The number of carbonyl (C=O) groups excluding carboxylic acids is 1. The number of rotatable bonds is 8. The molecule has 5 nitrogen and oxygen atoms in total. The van der Waals surface area contributed by atoms with E-state index in [4.69, 9.17) is 20.2 Å². The van der Waals surface area contributed by atoms with Gasteiger partial charge in [0, 0.05) is 24.0 Å². The maximum atomic E-state index is 11.0. The van der Waals surface area contributed by atoms with Gasteiger partial charge in [-0.3, -0.25) is 4.79 Å². The van der Waals surface area contributed by atoms with Gasteiger partial charge in [0.05, 0.1) is 19.0 Å². The first kappa shape index (κ1) is 16.9. The summed E-state index contributed by atoms with van der Waals surface area (Å²) in [6, 6.07) is 9.50. The molecule has 0 aromatic heterocycles. The van der Waals surface area contributed by atoms with Gasteiger partial charge in [-0.1, -0.05) is 30.3 Å². The van der Waals surface area contributed by atoms with Crippen molar-refractivity contribution < 1.29 is 22.7 Å². The molecular formula is C13H17ClO5S. The Hall–Kier alpha value is -1.11. The van der Waals surface area contributed by atoms with Crippen molar-refractivity contribution in [3.05, 3.63) is 35.9 Å². The smallest absolute Gasteiger partial charge is 0.302 e. The Bertz CT molecular complexity index is 515. The van der Waals surface area contributed by atoms with Crippen LogP contribution in [0.2, 0.25) is 0 Å². The van der Waals surface area contributed by atoms with Gasteiger partial charge in [-0.2, -0.15) is 0 Å². The summed E-state index contributed by atoms with van der Waals surface area (Å²) in [5, 5.41) is 0. The summed E-state index contributed by atoms with van der Waals surface area (Å²) in [5.74, 6) is -0.744. The van der Waals surface area contributed by atoms with Crippen LogP contribution in [-0.2, 0) is 29.9 Å². The maximum absolute atomic E-state index is 11.0. The van der Waals surface area contributed by atoms with Crippen LogP contribution < -0.4 is 0 Å². The highest BCUT2D eigenvalue weighted by Crippen LogP contribution is 2.08. The Morgan fingerprint density at radius 2 is 1.95 bits per heavy atom. The van der Waals surface area contributed by atoms with Crippen molar-refractivity contribution in [2.24, 2.45) is 0 Å². The minimum Gasteiger partial charge on any atom is -0.460 e. The molecule has 112 valence electrons. The van der Waals surface area contributed by atoms with E-state index in [1.165, 1.54) is 6.92 Å². The Balaban J connectivity index is 2.42. The van der Waals surface area contributed by atoms with Crippen molar-refractivity contribution in [1.82, 2.24) is 0 Å². The van der Waals surface area contributed by atoms with Gasteiger partial charge in [-0.15, -0.1) is 0 Å². The Morgan fingerprint density at radius 3 is 2.50 bits per heavy atom. The van der Waals surface area contributed by atoms with Gasteiger partial charge in [0.1, 0.15) is 6.10 Å². The van der Waals surface area contributed by atoms with Crippen LogP contribution in [0.5, 0.6) is 0 Å². The number of hydrogen-bond donors (Lipinski definition) is 0. The van der Waals surface area contributed by atoms with Crippen LogP contribution in [0.25, 0.3) is 0 Å². The summed E-state index contributed by atoms with van der Waals surface area (Å²) >= 11 is 0. The van der Waals surface area contributed by atoms with E-state index < -0.39 is 21.1 Å². The average Bonchev–Trinajstić information content (AvgIpc) is 2.35. The van der Waals surface area contributed by atoms with E-state index in [1.54, 1.807) is 0 Å². The molecule has 0 bridgehead atoms. The van der Waals surface area contributed by atoms with Crippen molar-refractivity contribution in [3.63, 3.8) is 0 Å². The minimum atomic E-state index is -3.61. The Morgan fingerprint density at radius 1 is 1.30 bits per heavy atom. The number of halogens is 1. The first-order chi connectivity index (χ1) is 9.37. The van der Waals surface area contributed by atoms with E-state index in [0.717, 1.165) is 5.56 Å². The van der Waals surface area contributed by atoms with Crippen LogP contribution >= 0.6 is 10.7 Å². The molecule has 0 saturated carbocycles. The molecule has 0 saturated heterocycles. The summed E-state index contributed by atoms with van der Waals surface area (Å²) < 4.78 is 32.2. The molecule has 1 atom stereocenters. The zero-order valence-corrected chi connectivity index (χ0v) is 12.7. The molecule has 7 heteroatoms. The monoisotopic (exact) mass is 320 g/mol. The zero-order chi connectivity index (χ0) is 15.0. The fraction of sp³-hybridized carbons (Fsp3) is 0.462. The molecule has 20 heavy (non-hydrogen) atoms. The SMILES string of the molecule is CC(=O)OC(CCS(=O)(=O)Cl)COCc1ccccc1. The lowest BCUT2D eigenvalue weighted by Gasteiger charge is -2.16. The minimum absolute atomic E-state index is 0.111. The number of carbonyl (C=O) groups is 1. The number of ether oxygens (including phenoxy) is 2. The number of hydrogen-bond acceptors (Lipinski definition) is 5. The molecule has 0 heterocycles. The summed E-state index contributed by atoms with van der Waals surface area (Å²) in [6.07, 6.45) is -0.509. The number of esters is 1. The van der Waals surface area contributed by atoms with Crippen LogP contribution in [0.3, 0.4) is 0 Å². The van der Waals surface area contributed by atoms with E-state index in [2.05, 4.69) is 0 Å². The van der Waals surface area contributed by atoms with Gasteiger partial charge < -0.3 is 9.47 Å². The molecule has 0 fully saturated rings. The van der Waals surface area contributed by atoms with Crippen molar-refractivity contribution in [2.45, 2.75) is 26.1 Å². The second kappa shape index (κ2) is 8.24. The highest BCUT2D eigenvalue weighted by molar-refractivity contribution is 8.13. The topological polar surface area (TPSA) is 69.7 Å². The first-order valence-electron chi connectivity index (χ1n) is 6.08. The second-order valence-electron chi connectivity index (χ2n) is 4.26. The molecule has 0 aliphatic rings. The fourth-order valence-electron chi connectivity index (χ4n) is 1.57. The van der Waals surface area contributed by atoms with Crippen LogP contribution in [-0.4, -0.2) is 32.9 Å². The largest absolute Gasteiger partial charge is 0.460 e. The lowest BCUT2D eigenvalue weighted by molar-refractivity contribution is -0.149. The third kappa shape index (κ3) is 8.14. The van der Waals surface area contributed by atoms with Crippen molar-refractivity contribution in [2.75, 3.05) is 12.4 Å². The van der Waals surface area contributed by atoms with E-state index in [0.29, 0.717) is 6.61 Å². The van der Waals surface area contributed by atoms with Gasteiger partial charge in [0.25, 0.3) is 0 Å². The van der Waals surface area contributed by atoms with Crippen molar-refractivity contribution >= 4 is 25.7 Å². The van der Waals surface area contributed by atoms with Crippen LogP contribution in [0.15, 0.2) is 30.3 Å². The predicted octanol–water partition coefficient (Wildman–Crippen LogP) is 2.09. The third-order valence-corrected chi connectivity index (χ3v) is 3.62. The normalized spacial score (nSPS) is 12.9. The molecule has 0 spiro atoms. The number of benzene rings is 1. The summed E-state index contributed by atoms with van der Waals surface area (Å²) in [7, 11) is 1.53. The molecule has 1 aromatic rings. The standard InChI is InChI=1S/C13H17ClO5S/c1-11(15)19-13(7-8-20(14,16)17)10-18-9-12-5-3-2-4-6-12/h2-6,13H,7-10H2,1H3. The van der Waals surface area contributed by atoms with Crippen molar-refractivity contribution in [3.8, 4) is 0 Å². The zero-order valence-electron chi connectivity index (χ0n) is 11.1.